The number of fused-ring (bicyclic) bond motifs is 1. The number of aliphatic hydroxyl groups excluding tert-OH is 2. The van der Waals surface area contributed by atoms with Crippen LogP contribution in [-0.2, 0) is 10.0 Å². The van der Waals surface area contributed by atoms with E-state index in [-0.39, 0.29) is 13.0 Å². The minimum atomic E-state index is -3.47. The van der Waals surface area contributed by atoms with Crippen molar-refractivity contribution in [2.75, 3.05) is 17.2 Å². The average molecular weight is 271 g/mol. The van der Waals surface area contributed by atoms with Gasteiger partial charge in [-0.25, -0.2) is 8.42 Å². The fourth-order valence-electron chi connectivity index (χ4n) is 2.46. The second-order valence-corrected chi connectivity index (χ2v) is 6.50. The molecule has 1 aromatic rings. The van der Waals surface area contributed by atoms with Gasteiger partial charge in [-0.15, -0.1) is 0 Å². The molecule has 0 amide bonds. The molecule has 1 aliphatic heterocycles. The van der Waals surface area contributed by atoms with E-state index in [1.807, 2.05) is 13.0 Å². The molecule has 0 fully saturated rings. The Morgan fingerprint density at radius 3 is 2.61 bits per heavy atom. The molecule has 2 atom stereocenters. The molecule has 2 rings (SSSR count). The first-order chi connectivity index (χ1) is 8.36. The maximum absolute atomic E-state index is 11.8. The molecule has 0 spiro atoms. The van der Waals surface area contributed by atoms with Crippen molar-refractivity contribution in [2.45, 2.75) is 25.5 Å². The van der Waals surface area contributed by atoms with E-state index in [1.54, 1.807) is 12.1 Å². The smallest absolute Gasteiger partial charge is 0.232 e. The van der Waals surface area contributed by atoms with Gasteiger partial charge in [0.15, 0.2) is 0 Å². The highest BCUT2D eigenvalue weighted by atomic mass is 32.2. The van der Waals surface area contributed by atoms with Crippen LogP contribution in [0.3, 0.4) is 0 Å². The second kappa shape index (κ2) is 4.53. The van der Waals surface area contributed by atoms with Crippen LogP contribution < -0.4 is 4.31 Å². The lowest BCUT2D eigenvalue weighted by molar-refractivity contribution is 0.141. The van der Waals surface area contributed by atoms with Gasteiger partial charge in [0.2, 0.25) is 10.0 Å². The summed E-state index contributed by atoms with van der Waals surface area (Å²) in [6.45, 7) is 1.72. The lowest BCUT2D eigenvalue weighted by Crippen LogP contribution is -2.39. The first-order valence-corrected chi connectivity index (χ1v) is 7.60. The Kier molecular flexibility index (Phi) is 3.35. The lowest BCUT2D eigenvalue weighted by atomic mass is 10.0. The molecule has 2 N–H and O–H groups in total. The van der Waals surface area contributed by atoms with Crippen molar-refractivity contribution in [3.63, 3.8) is 0 Å². The van der Waals surface area contributed by atoms with Crippen molar-refractivity contribution < 1.29 is 18.6 Å². The van der Waals surface area contributed by atoms with Crippen LogP contribution in [0.5, 0.6) is 0 Å². The molecule has 0 unspecified atom stereocenters. The predicted molar refractivity (Wildman–Crippen MR) is 69.0 cm³/mol. The Hall–Kier alpha value is -1.11. The van der Waals surface area contributed by atoms with E-state index < -0.39 is 22.2 Å². The number of hydrogen-bond acceptors (Lipinski definition) is 4. The molecule has 18 heavy (non-hydrogen) atoms. The van der Waals surface area contributed by atoms with Crippen LogP contribution in [0.25, 0.3) is 0 Å². The van der Waals surface area contributed by atoms with E-state index in [1.165, 1.54) is 4.31 Å². The predicted octanol–water partition coefficient (Wildman–Crippen LogP) is 0.559. The minimum Gasteiger partial charge on any atom is -0.396 e. The van der Waals surface area contributed by atoms with Gasteiger partial charge in [0, 0.05) is 12.2 Å². The Morgan fingerprint density at radius 1 is 1.39 bits per heavy atom. The van der Waals surface area contributed by atoms with E-state index >= 15 is 0 Å². The molecule has 100 valence electrons. The number of nitrogens with zero attached hydrogens (tertiary/aromatic N) is 1. The third kappa shape index (κ3) is 2.11. The maximum Gasteiger partial charge on any atom is 0.232 e. The number of hydrogen-bond donors (Lipinski definition) is 2. The summed E-state index contributed by atoms with van der Waals surface area (Å²) in [6.07, 6.45) is 0.433. The van der Waals surface area contributed by atoms with Crippen LogP contribution in [0, 0.1) is 6.92 Å². The van der Waals surface area contributed by atoms with Crippen LogP contribution in [0.4, 0.5) is 5.69 Å². The third-order valence-corrected chi connectivity index (χ3v) is 4.37. The Morgan fingerprint density at radius 2 is 2.06 bits per heavy atom. The number of benzene rings is 1. The summed E-state index contributed by atoms with van der Waals surface area (Å²) in [7, 11) is -3.47. The van der Waals surface area contributed by atoms with Crippen LogP contribution >= 0.6 is 0 Å². The van der Waals surface area contributed by atoms with Crippen molar-refractivity contribution in [3.05, 3.63) is 29.3 Å². The molecule has 0 aromatic heterocycles. The van der Waals surface area contributed by atoms with Crippen molar-refractivity contribution in [2.24, 2.45) is 0 Å². The SMILES string of the molecule is Cc1ccc2c(c1)[C@@H](O)[C@@H](CCO)N2S(C)(=O)=O. The summed E-state index contributed by atoms with van der Waals surface area (Å²) in [4.78, 5) is 0. The van der Waals surface area contributed by atoms with Crippen molar-refractivity contribution in [1.29, 1.82) is 0 Å². The summed E-state index contributed by atoms with van der Waals surface area (Å²) in [6, 6.07) is 4.68. The number of aryl methyl sites for hydroxylation is 1. The van der Waals surface area contributed by atoms with Crippen LogP contribution in [0.2, 0.25) is 0 Å². The summed E-state index contributed by atoms with van der Waals surface area (Å²) in [5, 5.41) is 19.2. The molecule has 1 aromatic carbocycles. The molecule has 0 saturated heterocycles. The first kappa shape index (κ1) is 13.3. The molecular formula is C12H17NO4S. The molecule has 1 heterocycles. The maximum atomic E-state index is 11.8. The molecule has 1 aliphatic rings. The highest BCUT2D eigenvalue weighted by Gasteiger charge is 2.41. The Labute approximate surface area is 107 Å². The summed E-state index contributed by atoms with van der Waals surface area (Å²) in [5.41, 5.74) is 2.08. The molecule has 6 heteroatoms. The van der Waals surface area contributed by atoms with Gasteiger partial charge in [0.1, 0.15) is 6.10 Å². The second-order valence-electron chi connectivity index (χ2n) is 4.65. The number of aliphatic hydroxyl groups is 2. The van der Waals surface area contributed by atoms with Crippen molar-refractivity contribution in [3.8, 4) is 0 Å². The highest BCUT2D eigenvalue weighted by molar-refractivity contribution is 7.92. The largest absolute Gasteiger partial charge is 0.396 e. The topological polar surface area (TPSA) is 77.8 Å². The van der Waals surface area contributed by atoms with E-state index in [9.17, 15) is 13.5 Å². The van der Waals surface area contributed by atoms with E-state index in [0.29, 0.717) is 11.3 Å². The van der Waals surface area contributed by atoms with Crippen molar-refractivity contribution >= 4 is 15.7 Å². The fraction of sp³-hybridized carbons (Fsp3) is 0.500. The van der Waals surface area contributed by atoms with Crippen LogP contribution in [0.1, 0.15) is 23.7 Å². The van der Waals surface area contributed by atoms with Crippen LogP contribution in [0.15, 0.2) is 18.2 Å². The normalized spacial score (nSPS) is 23.2. The van der Waals surface area contributed by atoms with Crippen LogP contribution in [-0.4, -0.2) is 37.5 Å². The van der Waals surface area contributed by atoms with Gasteiger partial charge >= 0.3 is 0 Å². The van der Waals surface area contributed by atoms with Gasteiger partial charge in [-0.05, 0) is 19.4 Å². The molecular weight excluding hydrogens is 254 g/mol. The Bertz CT molecular complexity index is 555. The van der Waals surface area contributed by atoms with Gasteiger partial charge in [-0.2, -0.15) is 0 Å². The van der Waals surface area contributed by atoms with Gasteiger partial charge in [0.25, 0.3) is 0 Å². The van der Waals surface area contributed by atoms with Crippen molar-refractivity contribution in [1.82, 2.24) is 0 Å². The average Bonchev–Trinajstić information content (AvgIpc) is 2.53. The zero-order valence-electron chi connectivity index (χ0n) is 10.4. The monoisotopic (exact) mass is 271 g/mol. The van der Waals surface area contributed by atoms with Gasteiger partial charge < -0.3 is 10.2 Å². The summed E-state index contributed by atoms with van der Waals surface area (Å²) < 4.78 is 24.9. The van der Waals surface area contributed by atoms with Gasteiger partial charge in [-0.3, -0.25) is 4.31 Å². The molecule has 0 saturated carbocycles. The molecule has 5 nitrogen and oxygen atoms in total. The standard InChI is InChI=1S/C12H17NO4S/c1-8-3-4-10-9(7-8)12(15)11(5-6-14)13(10)18(2,16)17/h3-4,7,11-12,14-15H,5-6H2,1-2H3/t11-,12-/m1/s1. The molecule has 0 aliphatic carbocycles. The van der Waals surface area contributed by atoms with E-state index in [2.05, 4.69) is 0 Å². The molecule has 0 radical (unpaired) electrons. The van der Waals surface area contributed by atoms with Gasteiger partial charge in [-0.1, -0.05) is 17.7 Å². The highest BCUT2D eigenvalue weighted by Crippen LogP contribution is 2.42. The summed E-state index contributed by atoms with van der Waals surface area (Å²) in [5.74, 6) is 0. The quantitative estimate of drug-likeness (QED) is 0.842. The third-order valence-electron chi connectivity index (χ3n) is 3.19. The first-order valence-electron chi connectivity index (χ1n) is 5.75. The van der Waals surface area contributed by atoms with E-state index in [4.69, 9.17) is 5.11 Å². The minimum absolute atomic E-state index is 0.166. The lowest BCUT2D eigenvalue weighted by Gasteiger charge is -2.25. The number of anilines is 1. The summed E-state index contributed by atoms with van der Waals surface area (Å²) >= 11 is 0. The zero-order valence-corrected chi connectivity index (χ0v) is 11.2. The Balaban J connectivity index is 2.56. The fourth-order valence-corrected chi connectivity index (χ4v) is 3.69. The van der Waals surface area contributed by atoms with E-state index in [0.717, 1.165) is 11.8 Å². The van der Waals surface area contributed by atoms with Gasteiger partial charge in [0.05, 0.1) is 18.0 Å². The number of sulfonamides is 1. The molecule has 0 bridgehead atoms. The number of rotatable bonds is 3. The zero-order chi connectivity index (χ0) is 13.5.